The van der Waals surface area contributed by atoms with Crippen LogP contribution in [0.2, 0.25) is 0 Å². The second-order valence-corrected chi connectivity index (χ2v) is 5.94. The van der Waals surface area contributed by atoms with Gasteiger partial charge in [-0.1, -0.05) is 30.3 Å². The van der Waals surface area contributed by atoms with Crippen LogP contribution >= 0.6 is 0 Å². The first-order valence-electron chi connectivity index (χ1n) is 7.20. The van der Waals surface area contributed by atoms with Gasteiger partial charge in [0, 0.05) is 32.6 Å². The lowest BCUT2D eigenvalue weighted by Gasteiger charge is -2.58. The summed E-state index contributed by atoms with van der Waals surface area (Å²) in [5.74, 6) is 0.240. The van der Waals surface area contributed by atoms with Crippen LogP contribution in [0.1, 0.15) is 32.3 Å². The van der Waals surface area contributed by atoms with Crippen molar-refractivity contribution >= 4 is 5.91 Å². The second-order valence-electron chi connectivity index (χ2n) is 5.94. The molecule has 2 fully saturated rings. The topological polar surface area (TPSA) is 23.6 Å². The molecule has 19 heavy (non-hydrogen) atoms. The Kier molecular flexibility index (Phi) is 3.09. The summed E-state index contributed by atoms with van der Waals surface area (Å²) in [7, 11) is 0. The molecule has 2 aliphatic rings. The van der Waals surface area contributed by atoms with Crippen molar-refractivity contribution in [3.05, 3.63) is 35.9 Å². The molecular weight excluding hydrogens is 236 g/mol. The minimum atomic E-state index is 0.126. The lowest BCUT2D eigenvalue weighted by molar-refractivity contribution is -0.147. The van der Waals surface area contributed by atoms with Crippen LogP contribution in [0.5, 0.6) is 0 Å². The molecule has 1 aromatic rings. The molecule has 2 saturated heterocycles. The number of nitrogens with zero attached hydrogens (tertiary/aromatic N) is 2. The maximum Gasteiger partial charge on any atom is 0.220 e. The van der Waals surface area contributed by atoms with Crippen LogP contribution in [0.15, 0.2) is 30.3 Å². The second kappa shape index (κ2) is 4.64. The van der Waals surface area contributed by atoms with Gasteiger partial charge in [0.1, 0.15) is 0 Å². The summed E-state index contributed by atoms with van der Waals surface area (Å²) in [5.41, 5.74) is 1.48. The number of rotatable bonds is 2. The Morgan fingerprint density at radius 1 is 1.37 bits per heavy atom. The van der Waals surface area contributed by atoms with E-state index >= 15 is 0 Å². The smallest absolute Gasteiger partial charge is 0.220 e. The predicted octanol–water partition coefficient (Wildman–Crippen LogP) is 2.27. The molecule has 0 bridgehead atoms. The molecule has 0 N–H and O–H groups in total. The normalized spacial score (nSPS) is 30.6. The summed E-state index contributed by atoms with van der Waals surface area (Å²) in [6, 6.07) is 11.1. The Balaban J connectivity index is 1.69. The first-order chi connectivity index (χ1) is 9.13. The number of likely N-dealkylation sites (tertiary alicyclic amines) is 2. The standard InChI is InChI=1S/C16H22N2O/c1-13-16(9-6-10-18(16)14(2)19)12-17(13)11-15-7-4-3-5-8-15/h3-5,7-8,13H,6,9-12H2,1-2H3. The Morgan fingerprint density at radius 2 is 2.11 bits per heavy atom. The molecule has 2 aliphatic heterocycles. The molecule has 2 unspecified atom stereocenters. The summed E-state index contributed by atoms with van der Waals surface area (Å²) in [4.78, 5) is 16.4. The van der Waals surface area contributed by atoms with Crippen LogP contribution in [0, 0.1) is 0 Å². The van der Waals surface area contributed by atoms with Gasteiger partial charge >= 0.3 is 0 Å². The minimum absolute atomic E-state index is 0.126. The van der Waals surface area contributed by atoms with Gasteiger partial charge in [0.2, 0.25) is 5.91 Å². The summed E-state index contributed by atoms with van der Waals surface area (Å²) in [6.07, 6.45) is 2.32. The first kappa shape index (κ1) is 12.7. The van der Waals surface area contributed by atoms with Gasteiger partial charge in [-0.25, -0.2) is 0 Å². The van der Waals surface area contributed by atoms with Gasteiger partial charge < -0.3 is 4.90 Å². The highest BCUT2D eigenvalue weighted by molar-refractivity contribution is 5.75. The highest BCUT2D eigenvalue weighted by Crippen LogP contribution is 2.43. The molecule has 1 spiro atoms. The fourth-order valence-corrected chi connectivity index (χ4v) is 3.83. The first-order valence-corrected chi connectivity index (χ1v) is 7.20. The number of hydrogen-bond donors (Lipinski definition) is 0. The number of carbonyl (C=O) groups is 1. The van der Waals surface area contributed by atoms with Crippen molar-refractivity contribution in [3.63, 3.8) is 0 Å². The number of carbonyl (C=O) groups excluding carboxylic acids is 1. The molecule has 2 atom stereocenters. The van der Waals surface area contributed by atoms with Crippen LogP contribution < -0.4 is 0 Å². The average molecular weight is 258 g/mol. The highest BCUT2D eigenvalue weighted by atomic mass is 16.2. The average Bonchev–Trinajstić information content (AvgIpc) is 2.86. The van der Waals surface area contributed by atoms with E-state index < -0.39 is 0 Å². The number of amides is 1. The van der Waals surface area contributed by atoms with E-state index in [2.05, 4.69) is 47.1 Å². The van der Waals surface area contributed by atoms with E-state index in [9.17, 15) is 4.79 Å². The summed E-state index contributed by atoms with van der Waals surface area (Å²) in [5, 5.41) is 0. The van der Waals surface area contributed by atoms with Crippen molar-refractivity contribution in [2.24, 2.45) is 0 Å². The van der Waals surface area contributed by atoms with Crippen LogP contribution in [0.3, 0.4) is 0 Å². The summed E-state index contributed by atoms with van der Waals surface area (Å²) < 4.78 is 0. The maximum atomic E-state index is 11.8. The zero-order valence-electron chi connectivity index (χ0n) is 11.8. The Bertz CT molecular complexity index is 473. The fourth-order valence-electron chi connectivity index (χ4n) is 3.83. The fraction of sp³-hybridized carbons (Fsp3) is 0.562. The SMILES string of the molecule is CC(=O)N1CCCC12CN(Cc1ccccc1)C2C. The van der Waals surface area contributed by atoms with E-state index in [1.54, 1.807) is 6.92 Å². The minimum Gasteiger partial charge on any atom is -0.334 e. The number of benzene rings is 1. The largest absolute Gasteiger partial charge is 0.334 e. The van der Waals surface area contributed by atoms with Crippen LogP contribution in [-0.2, 0) is 11.3 Å². The van der Waals surface area contributed by atoms with E-state index in [1.807, 2.05) is 0 Å². The van der Waals surface area contributed by atoms with Gasteiger partial charge in [-0.05, 0) is 25.3 Å². The third-order valence-corrected chi connectivity index (χ3v) is 4.94. The molecule has 3 nitrogen and oxygen atoms in total. The van der Waals surface area contributed by atoms with Gasteiger partial charge in [-0.15, -0.1) is 0 Å². The van der Waals surface area contributed by atoms with Crippen molar-refractivity contribution in [1.82, 2.24) is 9.80 Å². The maximum absolute atomic E-state index is 11.8. The molecule has 102 valence electrons. The molecule has 1 amide bonds. The Morgan fingerprint density at radius 3 is 2.74 bits per heavy atom. The van der Waals surface area contributed by atoms with Gasteiger partial charge in [0.15, 0.2) is 0 Å². The zero-order valence-corrected chi connectivity index (χ0v) is 11.8. The van der Waals surface area contributed by atoms with E-state index in [0.29, 0.717) is 6.04 Å². The number of hydrogen-bond acceptors (Lipinski definition) is 2. The van der Waals surface area contributed by atoms with E-state index in [-0.39, 0.29) is 11.4 Å². The van der Waals surface area contributed by atoms with Crippen LogP contribution in [0.25, 0.3) is 0 Å². The van der Waals surface area contributed by atoms with Gasteiger partial charge in [0.05, 0.1) is 5.54 Å². The summed E-state index contributed by atoms with van der Waals surface area (Å²) >= 11 is 0. The van der Waals surface area contributed by atoms with E-state index in [1.165, 1.54) is 12.0 Å². The third kappa shape index (κ3) is 1.96. The molecule has 0 aromatic heterocycles. The van der Waals surface area contributed by atoms with Crippen molar-refractivity contribution < 1.29 is 4.79 Å². The predicted molar refractivity (Wildman–Crippen MR) is 75.7 cm³/mol. The molecule has 0 radical (unpaired) electrons. The van der Waals surface area contributed by atoms with Gasteiger partial charge in [-0.2, -0.15) is 0 Å². The van der Waals surface area contributed by atoms with Gasteiger partial charge in [0.25, 0.3) is 0 Å². The van der Waals surface area contributed by atoms with E-state index in [4.69, 9.17) is 0 Å². The van der Waals surface area contributed by atoms with Crippen molar-refractivity contribution in [1.29, 1.82) is 0 Å². The molecule has 3 heteroatoms. The lowest BCUT2D eigenvalue weighted by atomic mass is 9.78. The quantitative estimate of drug-likeness (QED) is 0.812. The monoisotopic (exact) mass is 258 g/mol. The molecule has 1 aromatic carbocycles. The lowest BCUT2D eigenvalue weighted by Crippen LogP contribution is -2.73. The zero-order chi connectivity index (χ0) is 13.5. The Hall–Kier alpha value is -1.35. The highest BCUT2D eigenvalue weighted by Gasteiger charge is 2.56. The third-order valence-electron chi connectivity index (χ3n) is 4.94. The summed E-state index contributed by atoms with van der Waals surface area (Å²) in [6.45, 7) is 6.95. The molecule has 2 heterocycles. The van der Waals surface area contributed by atoms with Crippen molar-refractivity contribution in [2.75, 3.05) is 13.1 Å². The van der Waals surface area contributed by atoms with Crippen molar-refractivity contribution in [3.8, 4) is 0 Å². The molecule has 0 aliphatic carbocycles. The van der Waals surface area contributed by atoms with Crippen molar-refractivity contribution in [2.45, 2.75) is 44.8 Å². The molecule has 0 saturated carbocycles. The van der Waals surface area contributed by atoms with Crippen LogP contribution in [0.4, 0.5) is 0 Å². The Labute approximate surface area is 115 Å². The van der Waals surface area contributed by atoms with E-state index in [0.717, 1.165) is 26.1 Å². The van der Waals surface area contributed by atoms with Crippen LogP contribution in [-0.4, -0.2) is 40.4 Å². The molecular formula is C16H22N2O. The molecule has 3 rings (SSSR count). The van der Waals surface area contributed by atoms with Gasteiger partial charge in [-0.3, -0.25) is 9.69 Å².